The maximum absolute atomic E-state index is 12.6. The van der Waals surface area contributed by atoms with Gasteiger partial charge < -0.3 is 9.64 Å². The fourth-order valence-electron chi connectivity index (χ4n) is 3.06. The number of rotatable bonds is 7. The Kier molecular flexibility index (Phi) is 6.62. The van der Waals surface area contributed by atoms with E-state index in [-0.39, 0.29) is 12.0 Å². The Morgan fingerprint density at radius 2 is 2.00 bits per heavy atom. The summed E-state index contributed by atoms with van der Waals surface area (Å²) >= 11 is 0. The van der Waals surface area contributed by atoms with Crippen LogP contribution >= 0.6 is 0 Å². The van der Waals surface area contributed by atoms with E-state index in [1.165, 1.54) is 0 Å². The summed E-state index contributed by atoms with van der Waals surface area (Å²) in [6.07, 6.45) is 7.66. The van der Waals surface area contributed by atoms with Gasteiger partial charge in [0.05, 0.1) is 0 Å². The Labute approximate surface area is 133 Å². The van der Waals surface area contributed by atoms with Gasteiger partial charge in [-0.05, 0) is 18.9 Å². The first kappa shape index (κ1) is 16.7. The molecule has 1 saturated heterocycles. The van der Waals surface area contributed by atoms with Crippen LogP contribution in [-0.4, -0.2) is 40.2 Å². The number of hydrogen-bond acceptors (Lipinski definition) is 4. The van der Waals surface area contributed by atoms with Crippen molar-refractivity contribution >= 4 is 5.91 Å². The van der Waals surface area contributed by atoms with Gasteiger partial charge in [-0.2, -0.15) is 5.10 Å². The van der Waals surface area contributed by atoms with Crippen LogP contribution in [0.3, 0.4) is 0 Å². The zero-order valence-corrected chi connectivity index (χ0v) is 13.7. The normalized spacial score (nSPS) is 16.0. The molecule has 0 bridgehead atoms. The second-order valence-corrected chi connectivity index (χ2v) is 5.98. The Balaban J connectivity index is 1.82. The van der Waals surface area contributed by atoms with Gasteiger partial charge >= 0.3 is 0 Å². The summed E-state index contributed by atoms with van der Waals surface area (Å²) in [4.78, 5) is 14.6. The molecule has 0 spiro atoms. The molecule has 5 nitrogen and oxygen atoms in total. The van der Waals surface area contributed by atoms with E-state index < -0.39 is 0 Å². The fourth-order valence-corrected chi connectivity index (χ4v) is 3.06. The molecule has 0 unspecified atom stereocenters. The zero-order chi connectivity index (χ0) is 15.8. The van der Waals surface area contributed by atoms with Crippen LogP contribution in [0.25, 0.3) is 0 Å². The number of hydrogen-bond donors (Lipinski definition) is 0. The second-order valence-electron chi connectivity index (χ2n) is 5.98. The highest BCUT2D eigenvalue weighted by atomic mass is 16.5. The summed E-state index contributed by atoms with van der Waals surface area (Å²) in [7, 11) is 0. The average molecular weight is 305 g/mol. The Morgan fingerprint density at radius 1 is 1.32 bits per heavy atom. The Hall–Kier alpha value is -1.65. The minimum absolute atomic E-state index is 0.136. The molecule has 0 saturated carbocycles. The molecule has 2 heterocycles. The number of carbonyl (C=O) groups is 1. The molecular formula is C17H27N3O2. The maximum atomic E-state index is 12.6. The lowest BCUT2D eigenvalue weighted by Crippen LogP contribution is -2.44. The van der Waals surface area contributed by atoms with E-state index in [0.29, 0.717) is 11.8 Å². The van der Waals surface area contributed by atoms with E-state index >= 15 is 0 Å². The van der Waals surface area contributed by atoms with E-state index in [0.717, 1.165) is 51.6 Å². The van der Waals surface area contributed by atoms with Gasteiger partial charge in [0.25, 0.3) is 0 Å². The smallest absolute Gasteiger partial charge is 0.233 e. The summed E-state index contributed by atoms with van der Waals surface area (Å²) in [5.74, 6) is 1.11. The summed E-state index contributed by atoms with van der Waals surface area (Å²) in [5, 5.41) is 7.77. The van der Waals surface area contributed by atoms with Crippen molar-refractivity contribution in [3.05, 3.63) is 18.3 Å². The van der Waals surface area contributed by atoms with Crippen LogP contribution in [-0.2, 0) is 4.79 Å². The summed E-state index contributed by atoms with van der Waals surface area (Å²) < 4.78 is 5.83. The minimum Gasteiger partial charge on any atom is -0.473 e. The number of amides is 1. The molecule has 5 heteroatoms. The molecule has 1 fully saturated rings. The molecule has 0 atom stereocenters. The van der Waals surface area contributed by atoms with Crippen LogP contribution < -0.4 is 4.74 Å². The van der Waals surface area contributed by atoms with Gasteiger partial charge in [-0.1, -0.05) is 26.7 Å². The van der Waals surface area contributed by atoms with Gasteiger partial charge in [0.1, 0.15) is 6.10 Å². The summed E-state index contributed by atoms with van der Waals surface area (Å²) in [6, 6.07) is 3.64. The van der Waals surface area contributed by atoms with Crippen molar-refractivity contribution in [1.29, 1.82) is 0 Å². The third kappa shape index (κ3) is 4.68. The monoisotopic (exact) mass is 305 g/mol. The van der Waals surface area contributed by atoms with Crippen molar-refractivity contribution in [3.63, 3.8) is 0 Å². The van der Waals surface area contributed by atoms with Crippen LogP contribution in [0.2, 0.25) is 0 Å². The molecule has 1 amide bonds. The van der Waals surface area contributed by atoms with Crippen molar-refractivity contribution in [1.82, 2.24) is 15.1 Å². The van der Waals surface area contributed by atoms with E-state index in [1.807, 2.05) is 17.0 Å². The van der Waals surface area contributed by atoms with Crippen LogP contribution in [0.1, 0.15) is 52.4 Å². The standard InChI is InChI=1S/C17H27N3O2/c1-3-6-14(7-4-2)17(21)20-12-9-15(10-13-20)22-16-8-5-11-18-19-16/h5,8,11,14-15H,3-4,6-7,9-10,12-13H2,1-2H3. The van der Waals surface area contributed by atoms with E-state index in [4.69, 9.17) is 4.74 Å². The summed E-state index contributed by atoms with van der Waals surface area (Å²) in [6.45, 7) is 5.87. The van der Waals surface area contributed by atoms with Gasteiger partial charge in [-0.3, -0.25) is 4.79 Å². The third-order valence-corrected chi connectivity index (χ3v) is 4.21. The highest BCUT2D eigenvalue weighted by Gasteiger charge is 2.28. The fraction of sp³-hybridized carbons (Fsp3) is 0.706. The topological polar surface area (TPSA) is 55.3 Å². The van der Waals surface area contributed by atoms with E-state index in [1.54, 1.807) is 6.20 Å². The molecule has 22 heavy (non-hydrogen) atoms. The first-order valence-electron chi connectivity index (χ1n) is 8.47. The van der Waals surface area contributed by atoms with E-state index in [9.17, 15) is 4.79 Å². The van der Waals surface area contributed by atoms with Crippen molar-refractivity contribution in [2.24, 2.45) is 5.92 Å². The molecule has 1 aromatic heterocycles. The quantitative estimate of drug-likeness (QED) is 0.777. The lowest BCUT2D eigenvalue weighted by atomic mass is 9.95. The number of piperidine rings is 1. The number of carbonyl (C=O) groups excluding carboxylic acids is 1. The molecule has 1 aromatic rings. The van der Waals surface area contributed by atoms with Crippen molar-refractivity contribution in [3.8, 4) is 5.88 Å². The van der Waals surface area contributed by atoms with Crippen molar-refractivity contribution in [2.45, 2.75) is 58.5 Å². The lowest BCUT2D eigenvalue weighted by molar-refractivity contribution is -0.137. The largest absolute Gasteiger partial charge is 0.473 e. The van der Waals surface area contributed by atoms with Gasteiger partial charge in [0.2, 0.25) is 11.8 Å². The van der Waals surface area contributed by atoms with Gasteiger partial charge in [0, 0.05) is 44.1 Å². The van der Waals surface area contributed by atoms with Gasteiger partial charge in [0.15, 0.2) is 0 Å². The maximum Gasteiger partial charge on any atom is 0.233 e. The van der Waals surface area contributed by atoms with Crippen LogP contribution in [0.15, 0.2) is 18.3 Å². The van der Waals surface area contributed by atoms with E-state index in [2.05, 4.69) is 24.0 Å². The number of aromatic nitrogens is 2. The zero-order valence-electron chi connectivity index (χ0n) is 13.7. The first-order chi connectivity index (χ1) is 10.7. The molecule has 0 N–H and O–H groups in total. The molecule has 122 valence electrons. The van der Waals surface area contributed by atoms with Crippen molar-refractivity contribution in [2.75, 3.05) is 13.1 Å². The highest BCUT2D eigenvalue weighted by molar-refractivity contribution is 5.78. The third-order valence-electron chi connectivity index (χ3n) is 4.21. The molecule has 2 rings (SSSR count). The molecule has 1 aliphatic rings. The molecule has 0 aliphatic carbocycles. The Bertz CT molecular complexity index is 438. The SMILES string of the molecule is CCCC(CCC)C(=O)N1CCC(Oc2cccnn2)CC1. The second kappa shape index (κ2) is 8.71. The Morgan fingerprint density at radius 3 is 2.55 bits per heavy atom. The molecule has 1 aliphatic heterocycles. The number of ether oxygens (including phenoxy) is 1. The molecular weight excluding hydrogens is 278 g/mol. The summed E-state index contributed by atoms with van der Waals surface area (Å²) in [5.41, 5.74) is 0. The van der Waals surface area contributed by atoms with Gasteiger partial charge in [-0.15, -0.1) is 5.10 Å². The average Bonchev–Trinajstić information content (AvgIpc) is 2.56. The predicted octanol–water partition coefficient (Wildman–Crippen LogP) is 3.06. The van der Waals surface area contributed by atoms with Crippen LogP contribution in [0.5, 0.6) is 5.88 Å². The van der Waals surface area contributed by atoms with Gasteiger partial charge in [-0.25, -0.2) is 0 Å². The minimum atomic E-state index is 0.136. The lowest BCUT2D eigenvalue weighted by Gasteiger charge is -2.34. The predicted molar refractivity (Wildman–Crippen MR) is 85.6 cm³/mol. The van der Waals surface area contributed by atoms with Crippen LogP contribution in [0.4, 0.5) is 0 Å². The van der Waals surface area contributed by atoms with Crippen molar-refractivity contribution < 1.29 is 9.53 Å². The molecule has 0 aromatic carbocycles. The number of likely N-dealkylation sites (tertiary alicyclic amines) is 1. The number of nitrogens with zero attached hydrogens (tertiary/aromatic N) is 3. The highest BCUT2D eigenvalue weighted by Crippen LogP contribution is 2.21. The van der Waals surface area contributed by atoms with Crippen LogP contribution in [0, 0.1) is 5.92 Å². The molecule has 0 radical (unpaired) electrons. The first-order valence-corrected chi connectivity index (χ1v) is 8.47.